The highest BCUT2D eigenvalue weighted by Crippen LogP contribution is 2.36. The lowest BCUT2D eigenvalue weighted by Gasteiger charge is -2.13. The molecule has 0 aromatic heterocycles. The van der Waals surface area contributed by atoms with Crippen LogP contribution in [0.15, 0.2) is 94.9 Å². The van der Waals surface area contributed by atoms with E-state index in [1.807, 2.05) is 37.3 Å². The molecule has 0 saturated carbocycles. The number of ether oxygens (including phenoxy) is 2. The van der Waals surface area contributed by atoms with E-state index in [1.54, 1.807) is 18.2 Å². The van der Waals surface area contributed by atoms with Gasteiger partial charge in [-0.25, -0.2) is 5.43 Å². The van der Waals surface area contributed by atoms with Crippen molar-refractivity contribution in [2.45, 2.75) is 18.4 Å². The molecule has 212 valence electrons. The van der Waals surface area contributed by atoms with Gasteiger partial charge in [-0.05, 0) is 72.6 Å². The van der Waals surface area contributed by atoms with Crippen molar-refractivity contribution in [1.29, 1.82) is 0 Å². The molecule has 0 saturated heterocycles. The number of carbonyl (C=O) groups excluding carboxylic acids is 1. The van der Waals surface area contributed by atoms with E-state index in [0.717, 1.165) is 5.56 Å². The molecule has 0 aliphatic carbocycles. The van der Waals surface area contributed by atoms with Crippen molar-refractivity contribution >= 4 is 57.0 Å². The lowest BCUT2D eigenvalue weighted by atomic mass is 10.2. The zero-order valence-corrected chi connectivity index (χ0v) is 24.6. The molecule has 0 unspecified atom stereocenters. The monoisotopic (exact) mass is 632 g/mol. The number of rotatable bonds is 11. The van der Waals surface area contributed by atoms with Gasteiger partial charge in [-0.3, -0.25) is 4.79 Å². The fraction of sp³-hybridized carbons (Fsp3) is 0.103. The fourth-order valence-corrected chi connectivity index (χ4v) is 5.26. The van der Waals surface area contributed by atoms with Crippen LogP contribution in [0.25, 0.3) is 0 Å². The van der Waals surface area contributed by atoms with Crippen molar-refractivity contribution < 1.29 is 26.9 Å². The Kier molecular flexibility index (Phi) is 10.1. The van der Waals surface area contributed by atoms with Gasteiger partial charge in [0, 0.05) is 10.6 Å². The molecule has 0 aliphatic rings. The molecule has 0 atom stereocenters. The van der Waals surface area contributed by atoms with Gasteiger partial charge in [0.25, 0.3) is 5.91 Å². The largest absolute Gasteiger partial charge is 0.490 e. The van der Waals surface area contributed by atoms with Crippen molar-refractivity contribution in [3.8, 4) is 17.2 Å². The molecule has 0 spiro atoms. The van der Waals surface area contributed by atoms with Crippen molar-refractivity contribution in [3.63, 3.8) is 0 Å². The van der Waals surface area contributed by atoms with Gasteiger partial charge in [-0.2, -0.15) is 13.5 Å². The van der Waals surface area contributed by atoms with Crippen molar-refractivity contribution in [1.82, 2.24) is 5.43 Å². The van der Waals surface area contributed by atoms with E-state index in [0.29, 0.717) is 40.9 Å². The molecule has 0 bridgehead atoms. The first-order valence-corrected chi connectivity index (χ1v) is 14.7. The summed E-state index contributed by atoms with van der Waals surface area (Å²) in [4.78, 5) is 12.6. The summed E-state index contributed by atoms with van der Waals surface area (Å²) in [5.41, 5.74) is 4.10. The minimum absolute atomic E-state index is 0.0738. The summed E-state index contributed by atoms with van der Waals surface area (Å²) in [7, 11) is -4.21. The number of carbonyl (C=O) groups is 1. The summed E-state index contributed by atoms with van der Waals surface area (Å²) in [5, 5.41) is 4.17. The van der Waals surface area contributed by atoms with E-state index >= 15 is 0 Å². The first-order chi connectivity index (χ1) is 19.7. The lowest BCUT2D eigenvalue weighted by molar-refractivity contribution is 0.0954. The van der Waals surface area contributed by atoms with Crippen LogP contribution in [-0.4, -0.2) is 27.1 Å². The van der Waals surface area contributed by atoms with E-state index in [9.17, 15) is 13.2 Å². The molecule has 0 heterocycles. The molecule has 41 heavy (non-hydrogen) atoms. The van der Waals surface area contributed by atoms with Gasteiger partial charge in [-0.1, -0.05) is 65.1 Å². The average molecular weight is 634 g/mol. The van der Waals surface area contributed by atoms with Gasteiger partial charge in [0.05, 0.1) is 22.9 Å². The molecular weight excluding hydrogens is 611 g/mol. The molecule has 1 amide bonds. The molecule has 0 fully saturated rings. The second kappa shape index (κ2) is 13.7. The van der Waals surface area contributed by atoms with Gasteiger partial charge in [0.1, 0.15) is 11.5 Å². The first kappa shape index (κ1) is 30.2. The van der Waals surface area contributed by atoms with Crippen LogP contribution in [0.4, 0.5) is 0 Å². The number of nitrogens with zero attached hydrogens (tertiary/aromatic N) is 1. The molecule has 12 heteroatoms. The van der Waals surface area contributed by atoms with Gasteiger partial charge in [0.2, 0.25) is 0 Å². The Morgan fingerprint density at radius 1 is 0.878 bits per heavy atom. The number of halogens is 3. The maximum atomic E-state index is 12.7. The number of hydrazone groups is 1. The third-order valence-corrected chi connectivity index (χ3v) is 7.49. The third-order valence-electron chi connectivity index (χ3n) is 5.44. The van der Waals surface area contributed by atoms with E-state index in [-0.39, 0.29) is 20.7 Å². The molecular formula is C29H23Cl3N2O6S. The zero-order chi connectivity index (χ0) is 29.4. The molecule has 8 nitrogen and oxygen atoms in total. The van der Waals surface area contributed by atoms with Gasteiger partial charge in [0.15, 0.2) is 17.2 Å². The van der Waals surface area contributed by atoms with E-state index in [4.69, 9.17) is 48.5 Å². The van der Waals surface area contributed by atoms with Crippen molar-refractivity contribution in [2.75, 3.05) is 6.61 Å². The summed E-state index contributed by atoms with van der Waals surface area (Å²) in [6, 6.07) is 22.7. The van der Waals surface area contributed by atoms with Crippen LogP contribution >= 0.6 is 34.8 Å². The minimum atomic E-state index is -4.21. The van der Waals surface area contributed by atoms with Crippen LogP contribution in [0, 0.1) is 0 Å². The summed E-state index contributed by atoms with van der Waals surface area (Å²) >= 11 is 18.3. The Morgan fingerprint density at radius 2 is 1.56 bits per heavy atom. The zero-order valence-electron chi connectivity index (χ0n) is 21.5. The Balaban J connectivity index is 1.42. The number of amides is 1. The van der Waals surface area contributed by atoms with Gasteiger partial charge >= 0.3 is 10.1 Å². The maximum Gasteiger partial charge on any atom is 0.339 e. The lowest BCUT2D eigenvalue weighted by Crippen LogP contribution is -2.17. The summed E-state index contributed by atoms with van der Waals surface area (Å²) in [6.07, 6.45) is 1.30. The predicted octanol–water partition coefficient (Wildman–Crippen LogP) is 7.16. The summed E-state index contributed by atoms with van der Waals surface area (Å²) < 4.78 is 41.9. The van der Waals surface area contributed by atoms with Crippen molar-refractivity contribution in [3.05, 3.63) is 117 Å². The Bertz CT molecular complexity index is 1640. The van der Waals surface area contributed by atoms with Crippen LogP contribution in [-0.2, 0) is 16.7 Å². The summed E-state index contributed by atoms with van der Waals surface area (Å²) in [5.74, 6) is 0.175. The molecule has 1 N–H and O–H groups in total. The van der Waals surface area contributed by atoms with E-state index < -0.39 is 16.0 Å². The Morgan fingerprint density at radius 3 is 2.22 bits per heavy atom. The molecule has 4 aromatic rings. The van der Waals surface area contributed by atoms with Crippen LogP contribution < -0.4 is 19.1 Å². The van der Waals surface area contributed by atoms with Crippen LogP contribution in [0.3, 0.4) is 0 Å². The first-order valence-electron chi connectivity index (χ1n) is 12.1. The highest BCUT2D eigenvalue weighted by molar-refractivity contribution is 7.87. The highest BCUT2D eigenvalue weighted by atomic mass is 35.5. The summed E-state index contributed by atoms with van der Waals surface area (Å²) in [6.45, 7) is 2.56. The van der Waals surface area contributed by atoms with Crippen LogP contribution in [0.1, 0.15) is 28.4 Å². The fourth-order valence-electron chi connectivity index (χ4n) is 3.49. The topological polar surface area (TPSA) is 103 Å². The minimum Gasteiger partial charge on any atom is -0.490 e. The van der Waals surface area contributed by atoms with Gasteiger partial charge in [-0.15, -0.1) is 0 Å². The molecule has 4 aromatic carbocycles. The number of hydrogen-bond acceptors (Lipinski definition) is 7. The number of benzene rings is 4. The molecule has 4 rings (SSSR count). The number of nitrogens with one attached hydrogen (secondary N) is 1. The van der Waals surface area contributed by atoms with Crippen LogP contribution in [0.5, 0.6) is 17.2 Å². The average Bonchev–Trinajstić information content (AvgIpc) is 2.95. The van der Waals surface area contributed by atoms with Crippen LogP contribution in [0.2, 0.25) is 15.1 Å². The quantitative estimate of drug-likeness (QED) is 0.107. The third kappa shape index (κ3) is 8.14. The van der Waals surface area contributed by atoms with E-state index in [2.05, 4.69) is 10.5 Å². The predicted molar refractivity (Wildman–Crippen MR) is 159 cm³/mol. The smallest absolute Gasteiger partial charge is 0.339 e. The maximum absolute atomic E-state index is 12.7. The Hall–Kier alpha value is -3.76. The standard InChI is InChI=1S/C29H23Cl3N2O6S/c1-2-38-27-16-21(8-13-26(27)39-18-19-6-4-3-5-7-19)29(35)34-33-17-20-14-24(31)28(25(32)15-20)40-41(36,37)23-11-9-22(30)10-12-23/h3-17H,2,18H2,1H3,(H,34,35)/b33-17+. The number of hydrogen-bond donors (Lipinski definition) is 1. The second-order valence-corrected chi connectivity index (χ2v) is 11.2. The molecule has 0 aliphatic heterocycles. The molecule has 0 radical (unpaired) electrons. The normalized spacial score (nSPS) is 11.3. The van der Waals surface area contributed by atoms with Crippen molar-refractivity contribution in [2.24, 2.45) is 5.10 Å². The second-order valence-electron chi connectivity index (χ2n) is 8.37. The SMILES string of the molecule is CCOc1cc(C(=O)N/N=C/c2cc(Cl)c(OS(=O)(=O)c3ccc(Cl)cc3)c(Cl)c2)ccc1OCc1ccccc1. The Labute approximate surface area is 252 Å². The highest BCUT2D eigenvalue weighted by Gasteiger charge is 2.21. The van der Waals surface area contributed by atoms with Gasteiger partial charge < -0.3 is 13.7 Å². The van der Waals surface area contributed by atoms with E-state index in [1.165, 1.54) is 42.6 Å².